The Balaban J connectivity index is 1.58. The third kappa shape index (κ3) is 2.43. The zero-order chi connectivity index (χ0) is 16.2. The summed E-state index contributed by atoms with van der Waals surface area (Å²) in [4.78, 5) is 0. The Kier molecular flexibility index (Phi) is 4.13. The number of hydrogen-bond acceptors (Lipinski definition) is 2. The minimum absolute atomic E-state index is 0.0940. The van der Waals surface area contributed by atoms with Gasteiger partial charge in [0.2, 0.25) is 0 Å². The molecule has 2 heteroatoms. The number of allylic oxidation sites excluding steroid dienone is 1. The van der Waals surface area contributed by atoms with Gasteiger partial charge in [0.15, 0.2) is 0 Å². The van der Waals surface area contributed by atoms with Gasteiger partial charge in [-0.15, -0.1) is 0 Å². The monoisotopic (exact) mass is 318 g/mol. The molecule has 0 aromatic rings. The van der Waals surface area contributed by atoms with Crippen LogP contribution in [-0.4, -0.2) is 22.9 Å². The highest BCUT2D eigenvalue weighted by atomic mass is 16.3. The fourth-order valence-corrected chi connectivity index (χ4v) is 7.18. The first-order chi connectivity index (χ1) is 11.0. The molecule has 0 aromatic carbocycles. The van der Waals surface area contributed by atoms with Gasteiger partial charge in [-0.2, -0.15) is 0 Å². The van der Waals surface area contributed by atoms with Gasteiger partial charge in [0.25, 0.3) is 0 Å². The molecule has 0 aliphatic heterocycles. The van der Waals surface area contributed by atoms with E-state index in [9.17, 15) is 10.2 Å². The summed E-state index contributed by atoms with van der Waals surface area (Å²) in [5.74, 6) is 4.72. The first-order valence-electron chi connectivity index (χ1n) is 10.0. The molecular weight excluding hydrogens is 284 g/mol. The Morgan fingerprint density at radius 1 is 1.13 bits per heavy atom. The lowest BCUT2D eigenvalue weighted by molar-refractivity contribution is -0.0169. The van der Waals surface area contributed by atoms with Crippen molar-refractivity contribution < 1.29 is 10.2 Å². The average Bonchev–Trinajstić information content (AvgIpc) is 2.99. The summed E-state index contributed by atoms with van der Waals surface area (Å²) in [6, 6.07) is 0. The second-order valence-electron chi connectivity index (χ2n) is 9.36. The molecule has 8 unspecified atom stereocenters. The van der Waals surface area contributed by atoms with E-state index in [0.717, 1.165) is 42.4 Å². The summed E-state index contributed by atoms with van der Waals surface area (Å²) in [6.45, 7) is 5.12. The molecule has 0 aromatic heterocycles. The normalized spacial score (nSPS) is 50.5. The summed E-state index contributed by atoms with van der Waals surface area (Å²) in [6.07, 6.45) is 12.3. The second kappa shape index (κ2) is 5.88. The molecule has 8 atom stereocenters. The molecule has 2 nitrogen and oxygen atoms in total. The van der Waals surface area contributed by atoms with Gasteiger partial charge in [-0.1, -0.05) is 25.5 Å². The van der Waals surface area contributed by atoms with Crippen molar-refractivity contribution in [2.24, 2.45) is 40.9 Å². The smallest absolute Gasteiger partial charge is 0.0577 e. The third-order valence-corrected chi connectivity index (χ3v) is 8.47. The van der Waals surface area contributed by atoms with E-state index in [1.165, 1.54) is 38.5 Å². The van der Waals surface area contributed by atoms with Crippen molar-refractivity contribution in [3.05, 3.63) is 11.6 Å². The van der Waals surface area contributed by atoms with E-state index >= 15 is 0 Å². The lowest BCUT2D eigenvalue weighted by Crippen LogP contribution is -2.47. The molecule has 4 aliphatic rings. The first kappa shape index (κ1) is 16.1. The second-order valence-corrected chi connectivity index (χ2v) is 9.36. The molecule has 0 amide bonds. The van der Waals surface area contributed by atoms with Crippen molar-refractivity contribution in [2.45, 2.75) is 71.3 Å². The summed E-state index contributed by atoms with van der Waals surface area (Å²) in [5.41, 5.74) is 1.95. The van der Waals surface area contributed by atoms with E-state index in [0.29, 0.717) is 17.9 Å². The summed E-state index contributed by atoms with van der Waals surface area (Å²) < 4.78 is 0. The van der Waals surface area contributed by atoms with Gasteiger partial charge in [-0.25, -0.2) is 0 Å². The van der Waals surface area contributed by atoms with Crippen LogP contribution in [0.4, 0.5) is 0 Å². The van der Waals surface area contributed by atoms with Crippen molar-refractivity contribution in [2.75, 3.05) is 6.61 Å². The molecular formula is C21H34O2. The van der Waals surface area contributed by atoms with E-state index in [1.54, 1.807) is 5.57 Å². The van der Waals surface area contributed by atoms with Gasteiger partial charge in [-0.3, -0.25) is 0 Å². The molecule has 3 saturated carbocycles. The van der Waals surface area contributed by atoms with Crippen molar-refractivity contribution >= 4 is 0 Å². The molecule has 4 aliphatic carbocycles. The summed E-state index contributed by atoms with van der Waals surface area (Å²) in [7, 11) is 0. The first-order valence-corrected chi connectivity index (χ1v) is 10.0. The average molecular weight is 319 g/mol. The molecule has 0 heterocycles. The van der Waals surface area contributed by atoms with Crippen molar-refractivity contribution in [1.29, 1.82) is 0 Å². The van der Waals surface area contributed by atoms with Gasteiger partial charge >= 0.3 is 0 Å². The zero-order valence-electron chi connectivity index (χ0n) is 14.9. The van der Waals surface area contributed by atoms with Crippen LogP contribution in [0.15, 0.2) is 11.6 Å². The van der Waals surface area contributed by atoms with Crippen LogP contribution in [0.2, 0.25) is 0 Å². The van der Waals surface area contributed by atoms with E-state index < -0.39 is 0 Å². The standard InChI is InChI=1S/C21H34O2/c1-13(12-22)16-5-6-18-17(16)7-8-20-19(18)4-3-14-11-15(23)9-10-21(14,20)2/h3,13,15-20,22-23H,4-12H2,1-2H3. The Bertz CT molecular complexity index is 484. The van der Waals surface area contributed by atoms with Crippen molar-refractivity contribution in [1.82, 2.24) is 0 Å². The zero-order valence-corrected chi connectivity index (χ0v) is 14.9. The highest BCUT2D eigenvalue weighted by Gasteiger charge is 2.54. The fraction of sp³-hybridized carbons (Fsp3) is 0.905. The highest BCUT2D eigenvalue weighted by molar-refractivity contribution is 5.24. The van der Waals surface area contributed by atoms with Crippen LogP contribution in [0.25, 0.3) is 0 Å². The van der Waals surface area contributed by atoms with Crippen LogP contribution in [0.3, 0.4) is 0 Å². The van der Waals surface area contributed by atoms with Gasteiger partial charge in [-0.05, 0) is 92.3 Å². The summed E-state index contributed by atoms with van der Waals surface area (Å²) in [5, 5.41) is 19.7. The van der Waals surface area contributed by atoms with E-state index in [2.05, 4.69) is 19.9 Å². The van der Waals surface area contributed by atoms with E-state index in [-0.39, 0.29) is 6.10 Å². The molecule has 130 valence electrons. The number of hydrogen-bond donors (Lipinski definition) is 2. The Labute approximate surface area is 141 Å². The molecule has 4 rings (SSSR count). The molecule has 0 radical (unpaired) electrons. The van der Waals surface area contributed by atoms with Gasteiger partial charge in [0.1, 0.15) is 0 Å². The van der Waals surface area contributed by atoms with Crippen LogP contribution >= 0.6 is 0 Å². The topological polar surface area (TPSA) is 40.5 Å². The van der Waals surface area contributed by atoms with Crippen LogP contribution in [0, 0.1) is 40.9 Å². The third-order valence-electron chi connectivity index (χ3n) is 8.47. The van der Waals surface area contributed by atoms with Crippen LogP contribution in [0.5, 0.6) is 0 Å². The quantitative estimate of drug-likeness (QED) is 0.750. The molecule has 23 heavy (non-hydrogen) atoms. The molecule has 0 bridgehead atoms. The van der Waals surface area contributed by atoms with Gasteiger partial charge in [0.05, 0.1) is 6.10 Å². The number of rotatable bonds is 2. The molecule has 0 spiro atoms. The Hall–Kier alpha value is -0.340. The molecule has 3 fully saturated rings. The van der Waals surface area contributed by atoms with Crippen LogP contribution in [0.1, 0.15) is 65.2 Å². The largest absolute Gasteiger partial charge is 0.396 e. The Morgan fingerprint density at radius 2 is 1.91 bits per heavy atom. The number of aliphatic hydroxyl groups excluding tert-OH is 2. The number of fused-ring (bicyclic) bond motifs is 5. The number of aliphatic hydroxyl groups is 2. The Morgan fingerprint density at radius 3 is 2.70 bits per heavy atom. The highest BCUT2D eigenvalue weighted by Crippen LogP contribution is 2.62. The van der Waals surface area contributed by atoms with Crippen LogP contribution < -0.4 is 0 Å². The predicted molar refractivity (Wildman–Crippen MR) is 92.8 cm³/mol. The summed E-state index contributed by atoms with van der Waals surface area (Å²) >= 11 is 0. The fourth-order valence-electron chi connectivity index (χ4n) is 7.18. The van der Waals surface area contributed by atoms with Crippen molar-refractivity contribution in [3.63, 3.8) is 0 Å². The van der Waals surface area contributed by atoms with Gasteiger partial charge < -0.3 is 10.2 Å². The minimum Gasteiger partial charge on any atom is -0.396 e. The lowest BCUT2D eigenvalue weighted by Gasteiger charge is -2.55. The van der Waals surface area contributed by atoms with Crippen LogP contribution in [-0.2, 0) is 0 Å². The van der Waals surface area contributed by atoms with Gasteiger partial charge in [0, 0.05) is 6.61 Å². The maximum Gasteiger partial charge on any atom is 0.0577 e. The molecule has 0 saturated heterocycles. The maximum absolute atomic E-state index is 10.1. The molecule has 2 N–H and O–H groups in total. The van der Waals surface area contributed by atoms with E-state index in [1.807, 2.05) is 0 Å². The maximum atomic E-state index is 10.1. The van der Waals surface area contributed by atoms with E-state index in [4.69, 9.17) is 0 Å². The predicted octanol–water partition coefficient (Wildman–Crippen LogP) is 4.16. The lowest BCUT2D eigenvalue weighted by atomic mass is 9.50. The minimum atomic E-state index is -0.0940. The van der Waals surface area contributed by atoms with Crippen molar-refractivity contribution in [3.8, 4) is 0 Å². The SMILES string of the molecule is CC(CO)C1CCC2C1CCC1C2CC=C2CC(O)CCC21C.